The van der Waals surface area contributed by atoms with Crippen molar-refractivity contribution in [1.82, 2.24) is 14.4 Å². The predicted molar refractivity (Wildman–Crippen MR) is 83.3 cm³/mol. The molecule has 1 fully saturated rings. The monoisotopic (exact) mass is 341 g/mol. The first kappa shape index (κ1) is 15.6. The van der Waals surface area contributed by atoms with Crippen molar-refractivity contribution in [3.8, 4) is 0 Å². The molecule has 1 unspecified atom stereocenters. The molecule has 2 aromatic heterocycles. The highest BCUT2D eigenvalue weighted by Gasteiger charge is 2.33. The van der Waals surface area contributed by atoms with E-state index in [1.165, 1.54) is 15.6 Å². The standard InChI is InChI=1S/C14H19N3O3S2/c1-2-5-12-15-14(20-16-12)11-6-3-8-17(10-11)22(18,19)13-7-4-9-21-13/h4,7,9,11H,2-3,5-6,8,10H2,1H3. The number of sulfonamides is 1. The maximum atomic E-state index is 12.6. The minimum absolute atomic E-state index is 0.0124. The lowest BCUT2D eigenvalue weighted by Crippen LogP contribution is -2.38. The third kappa shape index (κ3) is 3.09. The molecule has 0 N–H and O–H groups in total. The fraction of sp³-hybridized carbons (Fsp3) is 0.571. The van der Waals surface area contributed by atoms with Crippen LogP contribution in [0.4, 0.5) is 0 Å². The summed E-state index contributed by atoms with van der Waals surface area (Å²) in [6, 6.07) is 3.41. The van der Waals surface area contributed by atoms with Gasteiger partial charge < -0.3 is 4.52 Å². The van der Waals surface area contributed by atoms with E-state index in [2.05, 4.69) is 17.1 Å². The Morgan fingerprint density at radius 3 is 3.09 bits per heavy atom. The van der Waals surface area contributed by atoms with Gasteiger partial charge in [0, 0.05) is 19.5 Å². The Hall–Kier alpha value is -1.25. The van der Waals surface area contributed by atoms with Crippen LogP contribution in [0.3, 0.4) is 0 Å². The second-order valence-corrected chi connectivity index (χ2v) is 8.55. The lowest BCUT2D eigenvalue weighted by molar-refractivity contribution is 0.265. The van der Waals surface area contributed by atoms with Gasteiger partial charge in [-0.05, 0) is 30.7 Å². The predicted octanol–water partition coefficient (Wildman–Crippen LogP) is 2.65. The third-order valence-electron chi connectivity index (χ3n) is 3.78. The number of hydrogen-bond acceptors (Lipinski definition) is 6. The van der Waals surface area contributed by atoms with Crippen molar-refractivity contribution in [1.29, 1.82) is 0 Å². The number of aryl methyl sites for hydroxylation is 1. The molecule has 3 heterocycles. The van der Waals surface area contributed by atoms with E-state index >= 15 is 0 Å². The van der Waals surface area contributed by atoms with E-state index in [1.54, 1.807) is 17.5 Å². The molecule has 0 aliphatic carbocycles. The van der Waals surface area contributed by atoms with Crippen molar-refractivity contribution < 1.29 is 12.9 Å². The fourth-order valence-corrected chi connectivity index (χ4v) is 5.33. The van der Waals surface area contributed by atoms with E-state index in [1.807, 2.05) is 0 Å². The van der Waals surface area contributed by atoms with Crippen LogP contribution in [0, 0.1) is 0 Å². The SMILES string of the molecule is CCCc1noc(C2CCCN(S(=O)(=O)c3cccs3)C2)n1. The molecule has 1 aliphatic rings. The molecule has 0 radical (unpaired) electrons. The van der Waals surface area contributed by atoms with Crippen molar-refractivity contribution in [2.75, 3.05) is 13.1 Å². The number of hydrogen-bond donors (Lipinski definition) is 0. The van der Waals surface area contributed by atoms with Crippen molar-refractivity contribution in [2.45, 2.75) is 42.7 Å². The Kier molecular flexibility index (Phi) is 4.60. The maximum Gasteiger partial charge on any atom is 0.252 e. The Morgan fingerprint density at radius 2 is 2.36 bits per heavy atom. The smallest absolute Gasteiger partial charge is 0.252 e. The van der Waals surface area contributed by atoms with Crippen molar-refractivity contribution in [3.63, 3.8) is 0 Å². The van der Waals surface area contributed by atoms with Crippen LogP contribution < -0.4 is 0 Å². The van der Waals surface area contributed by atoms with Gasteiger partial charge >= 0.3 is 0 Å². The van der Waals surface area contributed by atoms with E-state index in [-0.39, 0.29) is 5.92 Å². The van der Waals surface area contributed by atoms with E-state index in [0.29, 0.717) is 29.0 Å². The van der Waals surface area contributed by atoms with Crippen LogP contribution in [0.25, 0.3) is 0 Å². The Morgan fingerprint density at radius 1 is 1.50 bits per heavy atom. The molecule has 0 aromatic carbocycles. The van der Waals surface area contributed by atoms with Gasteiger partial charge in [0.15, 0.2) is 5.82 Å². The molecular formula is C14H19N3O3S2. The normalized spacial score (nSPS) is 20.3. The Labute approximate surface area is 134 Å². The van der Waals surface area contributed by atoms with Gasteiger partial charge in [-0.1, -0.05) is 18.1 Å². The summed E-state index contributed by atoms with van der Waals surface area (Å²) >= 11 is 1.25. The first-order valence-corrected chi connectivity index (χ1v) is 9.79. The molecule has 6 nitrogen and oxygen atoms in total. The molecule has 0 saturated carbocycles. The summed E-state index contributed by atoms with van der Waals surface area (Å²) in [5.74, 6) is 1.26. The van der Waals surface area contributed by atoms with Crippen LogP contribution in [-0.4, -0.2) is 36.0 Å². The molecule has 0 amide bonds. The molecule has 0 bridgehead atoms. The minimum Gasteiger partial charge on any atom is -0.339 e. The van der Waals surface area contributed by atoms with Crippen molar-refractivity contribution in [2.24, 2.45) is 0 Å². The lowest BCUT2D eigenvalue weighted by Gasteiger charge is -2.29. The molecule has 2 aromatic rings. The first-order chi connectivity index (χ1) is 10.6. The highest BCUT2D eigenvalue weighted by atomic mass is 32.2. The van der Waals surface area contributed by atoms with Crippen molar-refractivity contribution >= 4 is 21.4 Å². The topological polar surface area (TPSA) is 76.3 Å². The molecule has 1 atom stereocenters. The summed E-state index contributed by atoms with van der Waals surface area (Å²) in [7, 11) is -3.40. The summed E-state index contributed by atoms with van der Waals surface area (Å²) in [6.07, 6.45) is 3.43. The van der Waals surface area contributed by atoms with Crippen LogP contribution in [0.2, 0.25) is 0 Å². The number of aromatic nitrogens is 2. The summed E-state index contributed by atoms with van der Waals surface area (Å²) < 4.78 is 32.5. The Balaban J connectivity index is 1.76. The molecular weight excluding hydrogens is 322 g/mol. The maximum absolute atomic E-state index is 12.6. The Bertz CT molecular complexity index is 710. The number of thiophene rings is 1. The highest BCUT2D eigenvalue weighted by molar-refractivity contribution is 7.91. The zero-order valence-corrected chi connectivity index (χ0v) is 14.1. The summed E-state index contributed by atoms with van der Waals surface area (Å²) in [5.41, 5.74) is 0. The van der Waals surface area contributed by atoms with Crippen LogP contribution in [0.1, 0.15) is 43.8 Å². The molecule has 0 spiro atoms. The van der Waals surface area contributed by atoms with Gasteiger partial charge in [0.25, 0.3) is 10.0 Å². The van der Waals surface area contributed by atoms with E-state index in [9.17, 15) is 8.42 Å². The molecule has 3 rings (SSSR count). The summed E-state index contributed by atoms with van der Waals surface area (Å²) in [5, 5.41) is 5.75. The first-order valence-electron chi connectivity index (χ1n) is 7.47. The highest BCUT2D eigenvalue weighted by Crippen LogP contribution is 2.30. The second kappa shape index (κ2) is 6.47. The van der Waals surface area contributed by atoms with Gasteiger partial charge in [-0.15, -0.1) is 11.3 Å². The second-order valence-electron chi connectivity index (χ2n) is 5.43. The summed E-state index contributed by atoms with van der Waals surface area (Å²) in [6.45, 7) is 3.02. The van der Waals surface area contributed by atoms with E-state index in [0.717, 1.165) is 25.7 Å². The molecule has 1 aliphatic heterocycles. The third-order valence-corrected chi connectivity index (χ3v) is 7.02. The van der Waals surface area contributed by atoms with Gasteiger partial charge in [0.1, 0.15) is 4.21 Å². The number of piperidine rings is 1. The average molecular weight is 341 g/mol. The largest absolute Gasteiger partial charge is 0.339 e. The van der Waals surface area contributed by atoms with Crippen LogP contribution in [-0.2, 0) is 16.4 Å². The molecule has 120 valence electrons. The molecule has 8 heteroatoms. The van der Waals surface area contributed by atoms with Crippen LogP contribution in [0.5, 0.6) is 0 Å². The minimum atomic E-state index is -3.40. The molecule has 22 heavy (non-hydrogen) atoms. The number of rotatable bonds is 5. The van der Waals surface area contributed by atoms with Gasteiger partial charge in [0.2, 0.25) is 5.89 Å². The van der Waals surface area contributed by atoms with Gasteiger partial charge in [-0.3, -0.25) is 0 Å². The van der Waals surface area contributed by atoms with E-state index in [4.69, 9.17) is 4.52 Å². The van der Waals surface area contributed by atoms with Gasteiger partial charge in [-0.2, -0.15) is 9.29 Å². The molecule has 1 saturated heterocycles. The summed E-state index contributed by atoms with van der Waals surface area (Å²) in [4.78, 5) is 4.41. The quantitative estimate of drug-likeness (QED) is 0.835. The fourth-order valence-electron chi connectivity index (χ4n) is 2.66. The lowest BCUT2D eigenvalue weighted by atomic mass is 10.00. The van der Waals surface area contributed by atoms with Gasteiger partial charge in [-0.25, -0.2) is 8.42 Å². The average Bonchev–Trinajstić information content (AvgIpc) is 3.19. The van der Waals surface area contributed by atoms with Crippen molar-refractivity contribution in [3.05, 3.63) is 29.2 Å². The van der Waals surface area contributed by atoms with Gasteiger partial charge in [0.05, 0.1) is 5.92 Å². The zero-order valence-electron chi connectivity index (χ0n) is 12.4. The van der Waals surface area contributed by atoms with Crippen LogP contribution in [0.15, 0.2) is 26.2 Å². The number of nitrogens with zero attached hydrogens (tertiary/aromatic N) is 3. The van der Waals surface area contributed by atoms with Crippen LogP contribution >= 0.6 is 11.3 Å². The van der Waals surface area contributed by atoms with E-state index < -0.39 is 10.0 Å². The zero-order chi connectivity index (χ0) is 15.6.